The molecule has 2 amide bonds. The molecule has 1 saturated heterocycles. The van der Waals surface area contributed by atoms with E-state index in [-0.39, 0.29) is 24.7 Å². The molecule has 2 aliphatic heterocycles. The molecule has 0 saturated carbocycles. The van der Waals surface area contributed by atoms with Gasteiger partial charge in [0.05, 0.1) is 25.9 Å². The Hall–Kier alpha value is -2.50. The second-order valence-corrected chi connectivity index (χ2v) is 11.1. The van der Waals surface area contributed by atoms with Crippen LogP contribution in [0, 0.1) is 5.92 Å². The monoisotopic (exact) mass is 523 g/mol. The van der Waals surface area contributed by atoms with Crippen LogP contribution in [0.1, 0.15) is 33.3 Å². The maximum atomic E-state index is 12.6. The van der Waals surface area contributed by atoms with Gasteiger partial charge in [-0.25, -0.2) is 9.59 Å². The SMILES string of the molecule is COc1ccc(CO[C@H]2[C@H](C)[C@@H](COC(=O)N(C)C)O[C@@H]3SC(N(C)C(=O)OC(C)(C)C)=N[C@H]23)cc1. The molecule has 0 unspecified atom stereocenters. The number of aliphatic imine (C=N–C) groups is 1. The molecule has 1 aromatic carbocycles. The van der Waals surface area contributed by atoms with Crippen LogP contribution in [0.15, 0.2) is 29.3 Å². The van der Waals surface area contributed by atoms with Crippen LogP contribution in [0.25, 0.3) is 0 Å². The lowest BCUT2D eigenvalue weighted by Crippen LogP contribution is -2.53. The van der Waals surface area contributed by atoms with E-state index in [2.05, 4.69) is 0 Å². The zero-order chi connectivity index (χ0) is 26.6. The molecule has 3 rings (SSSR count). The molecule has 0 bridgehead atoms. The average molecular weight is 524 g/mol. The van der Waals surface area contributed by atoms with Gasteiger partial charge in [0.2, 0.25) is 0 Å². The summed E-state index contributed by atoms with van der Waals surface area (Å²) in [6.07, 6.45) is -1.66. The van der Waals surface area contributed by atoms with Crippen LogP contribution in [0.3, 0.4) is 0 Å². The van der Waals surface area contributed by atoms with Gasteiger partial charge < -0.3 is 28.6 Å². The van der Waals surface area contributed by atoms with Gasteiger partial charge in [0.15, 0.2) is 5.17 Å². The van der Waals surface area contributed by atoms with Gasteiger partial charge in [0.25, 0.3) is 0 Å². The highest BCUT2D eigenvalue weighted by atomic mass is 32.2. The highest BCUT2D eigenvalue weighted by Crippen LogP contribution is 2.41. The molecule has 2 aliphatic rings. The van der Waals surface area contributed by atoms with E-state index in [9.17, 15) is 9.59 Å². The van der Waals surface area contributed by atoms with Crippen LogP contribution in [-0.4, -0.2) is 91.3 Å². The Morgan fingerprint density at radius 2 is 1.78 bits per heavy atom. The Balaban J connectivity index is 1.77. The number of ether oxygens (including phenoxy) is 5. The predicted molar refractivity (Wildman–Crippen MR) is 137 cm³/mol. The number of methoxy groups -OCH3 is 1. The largest absolute Gasteiger partial charge is 0.497 e. The number of amidine groups is 1. The van der Waals surface area contributed by atoms with Gasteiger partial charge in [0, 0.05) is 27.1 Å². The second-order valence-electron chi connectivity index (χ2n) is 10.1. The van der Waals surface area contributed by atoms with Crippen molar-refractivity contribution in [2.75, 3.05) is 34.9 Å². The minimum absolute atomic E-state index is 0.0849. The van der Waals surface area contributed by atoms with Gasteiger partial charge in [-0.3, -0.25) is 9.89 Å². The number of amides is 2. The van der Waals surface area contributed by atoms with Crippen molar-refractivity contribution in [1.29, 1.82) is 0 Å². The first-order valence-corrected chi connectivity index (χ1v) is 12.7. The predicted octanol–water partition coefficient (Wildman–Crippen LogP) is 3.98. The molecule has 0 N–H and O–H groups in total. The average Bonchev–Trinajstić information content (AvgIpc) is 3.24. The Morgan fingerprint density at radius 1 is 1.11 bits per heavy atom. The molecule has 1 aromatic rings. The highest BCUT2D eigenvalue weighted by Gasteiger charge is 2.49. The molecule has 2 heterocycles. The Labute approximate surface area is 217 Å². The van der Waals surface area contributed by atoms with Gasteiger partial charge in [-0.2, -0.15) is 0 Å². The quantitative estimate of drug-likeness (QED) is 0.552. The maximum Gasteiger partial charge on any atom is 0.416 e. The van der Waals surface area contributed by atoms with Crippen molar-refractivity contribution >= 4 is 29.1 Å². The standard InChI is InChI=1S/C25H37N3O7S/c1-15-18(14-33-23(29)27(5)6)34-21-19(20(15)32-13-16-9-11-17(31-8)12-10-16)26-22(36-21)28(7)24(30)35-25(2,3)4/h9-12,15,18-21H,13-14H2,1-8H3/t15-,18-,19-,20+,21-/m1/s1. The maximum absolute atomic E-state index is 12.6. The summed E-state index contributed by atoms with van der Waals surface area (Å²) in [6.45, 7) is 7.89. The summed E-state index contributed by atoms with van der Waals surface area (Å²) < 4.78 is 28.9. The normalized spacial score (nSPS) is 25.4. The molecule has 0 aliphatic carbocycles. The number of carbonyl (C=O) groups is 2. The Kier molecular flexibility index (Phi) is 9.13. The summed E-state index contributed by atoms with van der Waals surface area (Å²) in [5, 5.41) is 0.496. The minimum Gasteiger partial charge on any atom is -0.497 e. The van der Waals surface area contributed by atoms with E-state index in [0.29, 0.717) is 11.8 Å². The van der Waals surface area contributed by atoms with Crippen LogP contribution < -0.4 is 4.74 Å². The number of rotatable bonds is 6. The smallest absolute Gasteiger partial charge is 0.416 e. The van der Waals surface area contributed by atoms with Crippen molar-refractivity contribution in [2.45, 2.75) is 63.6 Å². The van der Waals surface area contributed by atoms with E-state index in [1.165, 1.54) is 21.6 Å². The van der Waals surface area contributed by atoms with E-state index in [4.69, 9.17) is 28.7 Å². The zero-order valence-electron chi connectivity index (χ0n) is 22.2. The third kappa shape index (κ3) is 7.04. The van der Waals surface area contributed by atoms with Gasteiger partial charge in [-0.1, -0.05) is 30.8 Å². The summed E-state index contributed by atoms with van der Waals surface area (Å²) in [6, 6.07) is 7.32. The highest BCUT2D eigenvalue weighted by molar-refractivity contribution is 8.14. The summed E-state index contributed by atoms with van der Waals surface area (Å²) in [5.74, 6) is 0.641. The Morgan fingerprint density at radius 3 is 2.36 bits per heavy atom. The van der Waals surface area contributed by atoms with E-state index in [0.717, 1.165) is 11.3 Å². The van der Waals surface area contributed by atoms with Crippen molar-refractivity contribution in [3.63, 3.8) is 0 Å². The summed E-state index contributed by atoms with van der Waals surface area (Å²) in [7, 11) is 6.51. The first-order valence-electron chi connectivity index (χ1n) is 11.8. The van der Waals surface area contributed by atoms with Gasteiger partial charge in [-0.15, -0.1) is 0 Å². The van der Waals surface area contributed by atoms with Crippen LogP contribution in [-0.2, 0) is 25.6 Å². The van der Waals surface area contributed by atoms with E-state index < -0.39 is 29.3 Å². The van der Waals surface area contributed by atoms with Gasteiger partial charge >= 0.3 is 12.2 Å². The lowest BCUT2D eigenvalue weighted by atomic mass is 9.90. The number of hydrogen-bond acceptors (Lipinski definition) is 9. The summed E-state index contributed by atoms with van der Waals surface area (Å²) in [5.41, 5.74) is -0.0365. The molecule has 36 heavy (non-hydrogen) atoms. The van der Waals surface area contributed by atoms with Crippen molar-refractivity contribution in [3.8, 4) is 5.75 Å². The molecule has 1 fully saturated rings. The number of benzene rings is 1. The molecule has 0 radical (unpaired) electrons. The van der Waals surface area contributed by atoms with E-state index >= 15 is 0 Å². The third-order valence-corrected chi connectivity index (χ3v) is 7.01. The number of fused-ring (bicyclic) bond motifs is 1. The minimum atomic E-state index is -0.627. The van der Waals surface area contributed by atoms with Crippen molar-refractivity contribution in [1.82, 2.24) is 9.80 Å². The fraction of sp³-hybridized carbons (Fsp3) is 0.640. The Bertz CT molecular complexity index is 948. The molecule has 0 spiro atoms. The summed E-state index contributed by atoms with van der Waals surface area (Å²) >= 11 is 1.34. The number of hydrogen-bond donors (Lipinski definition) is 0. The van der Waals surface area contributed by atoms with Crippen LogP contribution in [0.2, 0.25) is 0 Å². The van der Waals surface area contributed by atoms with Crippen LogP contribution >= 0.6 is 11.8 Å². The molecule has 10 nitrogen and oxygen atoms in total. The molecular formula is C25H37N3O7S. The third-order valence-electron chi connectivity index (χ3n) is 5.80. The van der Waals surface area contributed by atoms with Crippen LogP contribution in [0.4, 0.5) is 9.59 Å². The fourth-order valence-corrected chi connectivity index (χ4v) is 4.94. The fourth-order valence-electron chi connectivity index (χ4n) is 3.76. The van der Waals surface area contributed by atoms with Crippen LogP contribution in [0.5, 0.6) is 5.75 Å². The van der Waals surface area contributed by atoms with E-state index in [1.54, 1.807) is 28.3 Å². The van der Waals surface area contributed by atoms with Crippen molar-refractivity contribution in [3.05, 3.63) is 29.8 Å². The molecule has 200 valence electrons. The lowest BCUT2D eigenvalue weighted by molar-refractivity contribution is -0.149. The van der Waals surface area contributed by atoms with E-state index in [1.807, 2.05) is 52.0 Å². The molecule has 11 heteroatoms. The summed E-state index contributed by atoms with van der Waals surface area (Å²) in [4.78, 5) is 32.2. The molecular weight excluding hydrogens is 486 g/mol. The molecule has 0 aromatic heterocycles. The molecule has 5 atom stereocenters. The van der Waals surface area contributed by atoms with Gasteiger partial charge in [0.1, 0.15) is 29.4 Å². The van der Waals surface area contributed by atoms with Crippen molar-refractivity contribution in [2.24, 2.45) is 10.9 Å². The second kappa shape index (κ2) is 11.7. The number of nitrogens with zero attached hydrogens (tertiary/aromatic N) is 3. The first-order chi connectivity index (χ1) is 16.9. The first kappa shape index (κ1) is 28.1. The number of thioether (sulfide) groups is 1. The number of carbonyl (C=O) groups excluding carboxylic acids is 2. The van der Waals surface area contributed by atoms with Gasteiger partial charge in [-0.05, 0) is 38.5 Å². The lowest BCUT2D eigenvalue weighted by Gasteiger charge is -2.41. The zero-order valence-corrected chi connectivity index (χ0v) is 23.0. The topological polar surface area (TPSA) is 99.1 Å². The van der Waals surface area contributed by atoms with Crippen molar-refractivity contribution < 1.29 is 33.3 Å².